The van der Waals surface area contributed by atoms with E-state index >= 15 is 0 Å². The van der Waals surface area contributed by atoms with Gasteiger partial charge in [0.15, 0.2) is 0 Å². The lowest BCUT2D eigenvalue weighted by Gasteiger charge is -2.23. The highest BCUT2D eigenvalue weighted by Crippen LogP contribution is 2.30. The van der Waals surface area contributed by atoms with E-state index in [1.807, 2.05) is 0 Å². The third-order valence-corrected chi connectivity index (χ3v) is 3.84. The number of ether oxygens (including phenoxy) is 1. The molecule has 3 heterocycles. The SMILES string of the molecule is Brc1nn(C2CCOCC2)c2c1CNC2. The molecule has 0 aliphatic carbocycles. The number of halogens is 1. The van der Waals surface area contributed by atoms with Crippen LogP contribution in [0.2, 0.25) is 0 Å². The maximum atomic E-state index is 5.38. The molecular weight excluding hydrogens is 258 g/mol. The quantitative estimate of drug-likeness (QED) is 0.844. The predicted octanol–water partition coefficient (Wildman–Crippen LogP) is 1.60. The molecule has 0 saturated carbocycles. The summed E-state index contributed by atoms with van der Waals surface area (Å²) in [5.41, 5.74) is 2.69. The van der Waals surface area contributed by atoms with Crippen LogP contribution in [0.3, 0.4) is 0 Å². The monoisotopic (exact) mass is 271 g/mol. The lowest BCUT2D eigenvalue weighted by Crippen LogP contribution is -2.22. The maximum absolute atomic E-state index is 5.38. The summed E-state index contributed by atoms with van der Waals surface area (Å²) in [5, 5.41) is 7.96. The fourth-order valence-corrected chi connectivity index (χ4v) is 2.91. The van der Waals surface area contributed by atoms with Gasteiger partial charge in [-0.25, -0.2) is 0 Å². The normalized spacial score (nSPS) is 21.9. The number of hydrogen-bond donors (Lipinski definition) is 1. The number of aromatic nitrogens is 2. The van der Waals surface area contributed by atoms with Crippen LogP contribution >= 0.6 is 15.9 Å². The van der Waals surface area contributed by atoms with Gasteiger partial charge < -0.3 is 10.1 Å². The molecule has 0 unspecified atom stereocenters. The minimum absolute atomic E-state index is 0.527. The van der Waals surface area contributed by atoms with E-state index in [1.54, 1.807) is 0 Å². The first-order valence-electron chi connectivity index (χ1n) is 5.40. The van der Waals surface area contributed by atoms with Crippen molar-refractivity contribution < 1.29 is 4.74 Å². The number of fused-ring (bicyclic) bond motifs is 1. The van der Waals surface area contributed by atoms with Crippen molar-refractivity contribution in [1.82, 2.24) is 15.1 Å². The molecule has 1 aromatic rings. The lowest BCUT2D eigenvalue weighted by atomic mass is 10.1. The summed E-state index contributed by atoms with van der Waals surface area (Å²) in [6.45, 7) is 3.62. The Bertz CT molecular complexity index is 371. The van der Waals surface area contributed by atoms with Gasteiger partial charge in [-0.15, -0.1) is 0 Å². The van der Waals surface area contributed by atoms with Gasteiger partial charge in [0.05, 0.1) is 11.7 Å². The van der Waals surface area contributed by atoms with Gasteiger partial charge in [0, 0.05) is 31.9 Å². The second-order valence-electron chi connectivity index (χ2n) is 4.11. The average molecular weight is 272 g/mol. The first-order valence-corrected chi connectivity index (χ1v) is 6.20. The van der Waals surface area contributed by atoms with Crippen LogP contribution in [0.5, 0.6) is 0 Å². The Morgan fingerprint density at radius 2 is 2.13 bits per heavy atom. The van der Waals surface area contributed by atoms with Gasteiger partial charge in [-0.1, -0.05) is 0 Å². The van der Waals surface area contributed by atoms with Crippen molar-refractivity contribution >= 4 is 15.9 Å². The molecule has 1 aromatic heterocycles. The lowest BCUT2D eigenvalue weighted by molar-refractivity contribution is 0.0653. The van der Waals surface area contributed by atoms with E-state index in [0.29, 0.717) is 6.04 Å². The van der Waals surface area contributed by atoms with Crippen LogP contribution in [-0.2, 0) is 17.8 Å². The fourth-order valence-electron chi connectivity index (χ4n) is 2.37. The Balaban J connectivity index is 1.93. The van der Waals surface area contributed by atoms with E-state index in [2.05, 4.69) is 31.0 Å². The largest absolute Gasteiger partial charge is 0.381 e. The zero-order valence-electron chi connectivity index (χ0n) is 8.50. The van der Waals surface area contributed by atoms with E-state index < -0.39 is 0 Å². The van der Waals surface area contributed by atoms with E-state index in [0.717, 1.165) is 43.7 Å². The third kappa shape index (κ3) is 1.62. The van der Waals surface area contributed by atoms with Crippen molar-refractivity contribution in [3.8, 4) is 0 Å². The molecule has 1 saturated heterocycles. The molecule has 15 heavy (non-hydrogen) atoms. The molecule has 0 spiro atoms. The zero-order valence-corrected chi connectivity index (χ0v) is 10.1. The molecule has 4 nitrogen and oxygen atoms in total. The predicted molar refractivity (Wildman–Crippen MR) is 59.6 cm³/mol. The topological polar surface area (TPSA) is 39.1 Å². The van der Waals surface area contributed by atoms with Crippen molar-refractivity contribution in [1.29, 1.82) is 0 Å². The highest BCUT2D eigenvalue weighted by molar-refractivity contribution is 9.10. The minimum atomic E-state index is 0.527. The summed E-state index contributed by atoms with van der Waals surface area (Å²) >= 11 is 3.53. The smallest absolute Gasteiger partial charge is 0.132 e. The van der Waals surface area contributed by atoms with Gasteiger partial charge in [0.1, 0.15) is 4.60 Å². The molecule has 0 atom stereocenters. The van der Waals surface area contributed by atoms with Crippen LogP contribution in [0, 0.1) is 0 Å². The molecule has 2 aliphatic rings. The van der Waals surface area contributed by atoms with Crippen molar-refractivity contribution in [3.63, 3.8) is 0 Å². The third-order valence-electron chi connectivity index (χ3n) is 3.20. The standard InChI is InChI=1S/C10H14BrN3O/c11-10-8-5-12-6-9(8)14(13-10)7-1-3-15-4-2-7/h7,12H,1-6H2. The molecular formula is C10H14BrN3O. The fraction of sp³-hybridized carbons (Fsp3) is 0.700. The highest BCUT2D eigenvalue weighted by atomic mass is 79.9. The summed E-state index contributed by atoms with van der Waals surface area (Å²) in [6.07, 6.45) is 2.17. The molecule has 1 fully saturated rings. The van der Waals surface area contributed by atoms with E-state index in [-0.39, 0.29) is 0 Å². The second kappa shape index (κ2) is 3.88. The summed E-state index contributed by atoms with van der Waals surface area (Å²) in [6, 6.07) is 0.527. The molecule has 3 rings (SSSR count). The molecule has 0 aromatic carbocycles. The molecule has 0 amide bonds. The summed E-state index contributed by atoms with van der Waals surface area (Å²) in [4.78, 5) is 0. The van der Waals surface area contributed by atoms with E-state index in [1.165, 1.54) is 11.3 Å². The zero-order chi connectivity index (χ0) is 10.3. The number of nitrogens with one attached hydrogen (secondary N) is 1. The first-order chi connectivity index (χ1) is 7.36. The van der Waals surface area contributed by atoms with Gasteiger partial charge in [-0.05, 0) is 28.8 Å². The van der Waals surface area contributed by atoms with Crippen LogP contribution < -0.4 is 5.32 Å². The van der Waals surface area contributed by atoms with Crippen LogP contribution in [0.25, 0.3) is 0 Å². The van der Waals surface area contributed by atoms with E-state index in [9.17, 15) is 0 Å². The summed E-state index contributed by atoms with van der Waals surface area (Å²) in [5.74, 6) is 0. The highest BCUT2D eigenvalue weighted by Gasteiger charge is 2.26. The minimum Gasteiger partial charge on any atom is -0.381 e. The number of nitrogens with zero attached hydrogens (tertiary/aromatic N) is 2. The van der Waals surface area contributed by atoms with Gasteiger partial charge in [0.2, 0.25) is 0 Å². The van der Waals surface area contributed by atoms with Crippen molar-refractivity contribution in [2.24, 2.45) is 0 Å². The second-order valence-corrected chi connectivity index (χ2v) is 4.86. The molecule has 5 heteroatoms. The molecule has 0 bridgehead atoms. The first kappa shape index (κ1) is 9.81. The van der Waals surface area contributed by atoms with Gasteiger partial charge in [-0.2, -0.15) is 5.10 Å². The van der Waals surface area contributed by atoms with Crippen LogP contribution in [0.4, 0.5) is 0 Å². The van der Waals surface area contributed by atoms with Gasteiger partial charge in [0.25, 0.3) is 0 Å². The number of hydrogen-bond acceptors (Lipinski definition) is 3. The van der Waals surface area contributed by atoms with Crippen molar-refractivity contribution in [3.05, 3.63) is 15.9 Å². The molecule has 82 valence electrons. The Labute approximate surface area is 97.1 Å². The Hall–Kier alpha value is -0.390. The summed E-state index contributed by atoms with van der Waals surface area (Å²) in [7, 11) is 0. The summed E-state index contributed by atoms with van der Waals surface area (Å²) < 4.78 is 8.58. The van der Waals surface area contributed by atoms with Crippen molar-refractivity contribution in [2.45, 2.75) is 32.0 Å². The van der Waals surface area contributed by atoms with Gasteiger partial charge >= 0.3 is 0 Å². The Morgan fingerprint density at radius 1 is 1.33 bits per heavy atom. The van der Waals surface area contributed by atoms with Crippen LogP contribution in [0.15, 0.2) is 4.60 Å². The Kier molecular flexibility index (Phi) is 2.54. The molecule has 0 radical (unpaired) electrons. The van der Waals surface area contributed by atoms with Crippen molar-refractivity contribution in [2.75, 3.05) is 13.2 Å². The molecule has 1 N–H and O–H groups in total. The Morgan fingerprint density at radius 3 is 2.93 bits per heavy atom. The molecule has 2 aliphatic heterocycles. The van der Waals surface area contributed by atoms with Crippen LogP contribution in [0.1, 0.15) is 30.1 Å². The van der Waals surface area contributed by atoms with Crippen LogP contribution in [-0.4, -0.2) is 23.0 Å². The maximum Gasteiger partial charge on any atom is 0.132 e. The van der Waals surface area contributed by atoms with E-state index in [4.69, 9.17) is 4.74 Å². The average Bonchev–Trinajstić information content (AvgIpc) is 2.84. The van der Waals surface area contributed by atoms with Gasteiger partial charge in [-0.3, -0.25) is 4.68 Å². The number of rotatable bonds is 1.